The van der Waals surface area contributed by atoms with Crippen LogP contribution in [-0.4, -0.2) is 39.9 Å². The third-order valence-electron chi connectivity index (χ3n) is 7.67. The first-order valence-electron chi connectivity index (χ1n) is 12.4. The summed E-state index contributed by atoms with van der Waals surface area (Å²) in [5.41, 5.74) is 2.79. The highest BCUT2D eigenvalue weighted by molar-refractivity contribution is 5.85. The van der Waals surface area contributed by atoms with E-state index in [1.165, 1.54) is 74.3 Å². The van der Waals surface area contributed by atoms with E-state index in [-0.39, 0.29) is 6.10 Å². The number of hydrogen-bond acceptors (Lipinski definition) is 3. The van der Waals surface area contributed by atoms with Crippen LogP contribution in [0.1, 0.15) is 76.2 Å². The zero-order chi connectivity index (χ0) is 20.3. The van der Waals surface area contributed by atoms with Crippen LogP contribution >= 0.6 is 0 Å². The maximum absolute atomic E-state index is 9.88. The summed E-state index contributed by atoms with van der Waals surface area (Å²) in [5.74, 6) is 1.86. The topological polar surface area (TPSA) is 37.6 Å². The second-order valence-corrected chi connectivity index (χ2v) is 10.0. The van der Waals surface area contributed by atoms with E-state index >= 15 is 0 Å². The molecule has 1 aromatic carbocycles. The minimum atomic E-state index is -0.111. The van der Waals surface area contributed by atoms with Crippen LogP contribution in [-0.2, 0) is 13.1 Å². The Bertz CT molecular complexity index is 825. The molecule has 1 N–H and O–H groups in total. The van der Waals surface area contributed by atoms with E-state index in [0.29, 0.717) is 6.10 Å². The Hall–Kier alpha value is -1.52. The number of fused-ring (bicyclic) bond motifs is 1. The van der Waals surface area contributed by atoms with Crippen LogP contribution in [0.2, 0.25) is 0 Å². The first kappa shape index (κ1) is 20.4. The SMILES string of the molecule is OC1CCN(Cc2cn(CC3CCCCC3)c3ccc(OC4CCCC4)cc23)CC1. The number of piperidine rings is 1. The predicted molar refractivity (Wildman–Crippen MR) is 122 cm³/mol. The van der Waals surface area contributed by atoms with Gasteiger partial charge in [-0.2, -0.15) is 0 Å². The van der Waals surface area contributed by atoms with Crippen molar-refractivity contribution >= 4 is 10.9 Å². The average Bonchev–Trinajstić information content (AvgIpc) is 3.39. The first-order valence-corrected chi connectivity index (χ1v) is 12.4. The van der Waals surface area contributed by atoms with Crippen LogP contribution in [0.25, 0.3) is 10.9 Å². The number of nitrogens with zero attached hydrogens (tertiary/aromatic N) is 2. The molecule has 0 unspecified atom stereocenters. The Kier molecular flexibility index (Phi) is 6.33. The molecular formula is C26H38N2O2. The van der Waals surface area contributed by atoms with Crippen molar-refractivity contribution in [3.8, 4) is 5.75 Å². The van der Waals surface area contributed by atoms with Crippen molar-refractivity contribution < 1.29 is 9.84 Å². The van der Waals surface area contributed by atoms with Gasteiger partial charge >= 0.3 is 0 Å². The fraction of sp³-hybridized carbons (Fsp3) is 0.692. The predicted octanol–water partition coefficient (Wildman–Crippen LogP) is 5.50. The molecule has 0 amide bonds. The normalized spacial score (nSPS) is 22.8. The van der Waals surface area contributed by atoms with Crippen molar-refractivity contribution in [3.63, 3.8) is 0 Å². The van der Waals surface area contributed by atoms with Gasteiger partial charge in [-0.3, -0.25) is 4.90 Å². The minimum absolute atomic E-state index is 0.111. The molecule has 1 aliphatic heterocycles. The molecule has 0 bridgehead atoms. The van der Waals surface area contributed by atoms with E-state index in [2.05, 4.69) is 33.9 Å². The molecule has 2 aliphatic carbocycles. The van der Waals surface area contributed by atoms with Crippen molar-refractivity contribution in [1.29, 1.82) is 0 Å². The molecule has 3 aliphatic rings. The Labute approximate surface area is 181 Å². The summed E-state index contributed by atoms with van der Waals surface area (Å²) in [7, 11) is 0. The molecule has 0 atom stereocenters. The summed E-state index contributed by atoms with van der Waals surface area (Å²) in [6, 6.07) is 6.80. The Morgan fingerprint density at radius 1 is 0.900 bits per heavy atom. The standard InChI is InChI=1S/C26H38N2O2/c29-22-12-14-27(15-13-22)18-21-19-28(17-20-6-2-1-3-7-20)26-11-10-24(16-25(21)26)30-23-8-4-5-9-23/h10-11,16,19-20,22-23,29H,1-9,12-15,17-18H2. The van der Waals surface area contributed by atoms with E-state index < -0.39 is 0 Å². The van der Waals surface area contributed by atoms with E-state index in [4.69, 9.17) is 4.74 Å². The summed E-state index contributed by atoms with van der Waals surface area (Å²) in [4.78, 5) is 2.51. The number of aliphatic hydroxyl groups is 1. The molecular weight excluding hydrogens is 372 g/mol. The zero-order valence-electron chi connectivity index (χ0n) is 18.4. The monoisotopic (exact) mass is 410 g/mol. The second-order valence-electron chi connectivity index (χ2n) is 10.0. The fourth-order valence-corrected chi connectivity index (χ4v) is 5.87. The van der Waals surface area contributed by atoms with Crippen molar-refractivity contribution in [2.75, 3.05) is 13.1 Å². The molecule has 4 heteroatoms. The maximum atomic E-state index is 9.88. The number of rotatable bonds is 6. The van der Waals surface area contributed by atoms with Gasteiger partial charge in [-0.05, 0) is 81.0 Å². The molecule has 0 radical (unpaired) electrons. The van der Waals surface area contributed by atoms with Gasteiger partial charge in [-0.15, -0.1) is 0 Å². The molecule has 1 aromatic heterocycles. The fourth-order valence-electron chi connectivity index (χ4n) is 5.87. The van der Waals surface area contributed by atoms with Crippen molar-refractivity contribution in [1.82, 2.24) is 9.47 Å². The van der Waals surface area contributed by atoms with Gasteiger partial charge in [0, 0.05) is 43.3 Å². The smallest absolute Gasteiger partial charge is 0.120 e. The first-order chi connectivity index (χ1) is 14.7. The van der Waals surface area contributed by atoms with E-state index in [9.17, 15) is 5.11 Å². The third kappa shape index (κ3) is 4.70. The minimum Gasteiger partial charge on any atom is -0.490 e. The molecule has 1 saturated heterocycles. The Morgan fingerprint density at radius 2 is 1.63 bits per heavy atom. The molecule has 5 rings (SSSR count). The lowest BCUT2D eigenvalue weighted by molar-refractivity contribution is 0.0794. The van der Waals surface area contributed by atoms with Crippen LogP contribution in [0.15, 0.2) is 24.4 Å². The van der Waals surface area contributed by atoms with Crippen molar-refractivity contribution in [2.24, 2.45) is 5.92 Å². The van der Waals surface area contributed by atoms with Gasteiger partial charge in [0.1, 0.15) is 5.75 Å². The molecule has 30 heavy (non-hydrogen) atoms. The maximum Gasteiger partial charge on any atom is 0.120 e. The van der Waals surface area contributed by atoms with Gasteiger partial charge in [0.05, 0.1) is 12.2 Å². The third-order valence-corrected chi connectivity index (χ3v) is 7.67. The van der Waals surface area contributed by atoms with Gasteiger partial charge in [-0.1, -0.05) is 19.3 Å². The number of benzene rings is 1. The van der Waals surface area contributed by atoms with Gasteiger partial charge in [-0.25, -0.2) is 0 Å². The lowest BCUT2D eigenvalue weighted by atomic mass is 9.89. The number of aromatic nitrogens is 1. The van der Waals surface area contributed by atoms with Crippen LogP contribution in [0.4, 0.5) is 0 Å². The Morgan fingerprint density at radius 3 is 2.40 bits per heavy atom. The molecule has 0 spiro atoms. The highest BCUT2D eigenvalue weighted by Crippen LogP contribution is 2.33. The summed E-state index contributed by atoms with van der Waals surface area (Å²) in [6.07, 6.45) is 16.5. The summed E-state index contributed by atoms with van der Waals surface area (Å²) in [5, 5.41) is 11.2. The van der Waals surface area contributed by atoms with Crippen LogP contribution in [0, 0.1) is 5.92 Å². The van der Waals surface area contributed by atoms with E-state index in [1.54, 1.807) is 0 Å². The number of aliphatic hydroxyl groups excluding tert-OH is 1. The average molecular weight is 411 g/mol. The van der Waals surface area contributed by atoms with Gasteiger partial charge < -0.3 is 14.4 Å². The van der Waals surface area contributed by atoms with Crippen molar-refractivity contribution in [3.05, 3.63) is 30.0 Å². The van der Waals surface area contributed by atoms with Gasteiger partial charge in [0.2, 0.25) is 0 Å². The zero-order valence-corrected chi connectivity index (χ0v) is 18.4. The lowest BCUT2D eigenvalue weighted by Crippen LogP contribution is -2.35. The summed E-state index contributed by atoms with van der Waals surface area (Å²) >= 11 is 0. The quantitative estimate of drug-likeness (QED) is 0.683. The van der Waals surface area contributed by atoms with Gasteiger partial charge in [0.25, 0.3) is 0 Å². The summed E-state index contributed by atoms with van der Waals surface area (Å²) < 4.78 is 8.87. The van der Waals surface area contributed by atoms with Gasteiger partial charge in [0.15, 0.2) is 0 Å². The molecule has 2 saturated carbocycles. The highest BCUT2D eigenvalue weighted by atomic mass is 16.5. The highest BCUT2D eigenvalue weighted by Gasteiger charge is 2.22. The second kappa shape index (κ2) is 9.32. The Balaban J connectivity index is 1.40. The van der Waals surface area contributed by atoms with Crippen LogP contribution in [0.3, 0.4) is 0 Å². The number of likely N-dealkylation sites (tertiary alicyclic amines) is 1. The molecule has 2 heterocycles. The number of hydrogen-bond donors (Lipinski definition) is 1. The number of ether oxygens (including phenoxy) is 1. The van der Waals surface area contributed by atoms with Crippen LogP contribution in [0.5, 0.6) is 5.75 Å². The molecule has 164 valence electrons. The summed E-state index contributed by atoms with van der Waals surface area (Å²) in [6.45, 7) is 4.12. The van der Waals surface area contributed by atoms with Crippen molar-refractivity contribution in [2.45, 2.75) is 95.9 Å². The molecule has 4 nitrogen and oxygen atoms in total. The molecule has 2 aromatic rings. The lowest BCUT2D eigenvalue weighted by Gasteiger charge is -2.29. The largest absolute Gasteiger partial charge is 0.490 e. The van der Waals surface area contributed by atoms with E-state index in [0.717, 1.165) is 50.7 Å². The molecule has 3 fully saturated rings. The van der Waals surface area contributed by atoms with E-state index in [1.807, 2.05) is 0 Å². The van der Waals surface area contributed by atoms with Crippen LogP contribution < -0.4 is 4.74 Å².